The van der Waals surface area contributed by atoms with Crippen LogP contribution >= 0.6 is 0 Å². The van der Waals surface area contributed by atoms with Crippen LogP contribution in [0.1, 0.15) is 34.2 Å². The summed E-state index contributed by atoms with van der Waals surface area (Å²) in [5, 5.41) is 13.5. The van der Waals surface area contributed by atoms with E-state index >= 15 is 0 Å². The molecule has 3 aromatic carbocycles. The van der Waals surface area contributed by atoms with Gasteiger partial charge in [0.15, 0.2) is 0 Å². The Morgan fingerprint density at radius 2 is 1.59 bits per heavy atom. The van der Waals surface area contributed by atoms with E-state index in [9.17, 15) is 9.90 Å². The van der Waals surface area contributed by atoms with Crippen molar-refractivity contribution in [3.05, 3.63) is 101 Å². The molecule has 0 bridgehead atoms. The Bertz CT molecular complexity index is 1020. The highest BCUT2D eigenvalue weighted by molar-refractivity contribution is 5.87. The van der Waals surface area contributed by atoms with Crippen molar-refractivity contribution in [1.82, 2.24) is 5.43 Å². The third kappa shape index (κ3) is 3.79. The molecule has 1 amide bonds. The van der Waals surface area contributed by atoms with Gasteiger partial charge in [-0.1, -0.05) is 59.7 Å². The van der Waals surface area contributed by atoms with Gasteiger partial charge in [0.2, 0.25) is 5.91 Å². The first-order valence-corrected chi connectivity index (χ1v) is 9.75. The highest BCUT2D eigenvalue weighted by atomic mass is 16.3. The molecule has 1 atom stereocenters. The lowest BCUT2D eigenvalue weighted by atomic mass is 9.84. The minimum Gasteiger partial charge on any atom is -0.508 e. The number of nitrogens with one attached hydrogen (secondary N) is 1. The average molecular weight is 384 g/mol. The Morgan fingerprint density at radius 3 is 2.14 bits per heavy atom. The third-order valence-corrected chi connectivity index (χ3v) is 5.63. The number of hydrazone groups is 1. The van der Waals surface area contributed by atoms with Crippen LogP contribution in [0, 0.1) is 19.8 Å². The molecule has 3 aromatic rings. The molecule has 2 N–H and O–H groups in total. The molecule has 0 saturated heterocycles. The first-order valence-electron chi connectivity index (χ1n) is 9.75. The average Bonchev–Trinajstić information content (AvgIpc) is 3.47. The molecule has 0 heterocycles. The Labute approximate surface area is 170 Å². The first kappa shape index (κ1) is 18.9. The number of benzene rings is 3. The number of hydrogen-bond acceptors (Lipinski definition) is 3. The number of hydrogen-bond donors (Lipinski definition) is 2. The fraction of sp³-hybridized carbons (Fsp3) is 0.200. The Balaban J connectivity index is 1.58. The molecular weight excluding hydrogens is 360 g/mol. The van der Waals surface area contributed by atoms with Crippen molar-refractivity contribution in [2.75, 3.05) is 0 Å². The maximum atomic E-state index is 12.9. The number of aromatic hydroxyl groups is 1. The Hall–Kier alpha value is -3.40. The predicted molar refractivity (Wildman–Crippen MR) is 115 cm³/mol. The standard InChI is InChI=1S/C25H24N2O2/c1-17-5-3-7-20(13-17)25(21-8-4-6-18(2)14-21)15-23(25)24(29)27-26-16-19-9-11-22(28)12-10-19/h3-14,16,23,28H,15H2,1-2H3,(H,27,29)/b26-16-/t23-/m1/s1. The van der Waals surface area contributed by atoms with Crippen LogP contribution in [0.5, 0.6) is 5.75 Å². The maximum Gasteiger partial charge on any atom is 0.244 e. The van der Waals surface area contributed by atoms with Crippen LogP contribution in [-0.2, 0) is 10.2 Å². The first-order chi connectivity index (χ1) is 14.0. The van der Waals surface area contributed by atoms with E-state index in [1.54, 1.807) is 30.5 Å². The zero-order chi connectivity index (χ0) is 20.4. The topological polar surface area (TPSA) is 61.7 Å². The van der Waals surface area contributed by atoms with E-state index in [1.165, 1.54) is 22.3 Å². The molecule has 1 fully saturated rings. The van der Waals surface area contributed by atoms with Crippen molar-refractivity contribution in [2.45, 2.75) is 25.7 Å². The van der Waals surface area contributed by atoms with Gasteiger partial charge in [0, 0.05) is 5.41 Å². The number of carbonyl (C=O) groups excluding carboxylic acids is 1. The fourth-order valence-electron chi connectivity index (χ4n) is 4.04. The monoisotopic (exact) mass is 384 g/mol. The van der Waals surface area contributed by atoms with Crippen molar-refractivity contribution >= 4 is 12.1 Å². The van der Waals surface area contributed by atoms with E-state index in [4.69, 9.17) is 0 Å². The van der Waals surface area contributed by atoms with E-state index in [-0.39, 0.29) is 23.0 Å². The Morgan fingerprint density at radius 1 is 1.00 bits per heavy atom. The molecular formula is C25H24N2O2. The fourth-order valence-corrected chi connectivity index (χ4v) is 4.04. The highest BCUT2D eigenvalue weighted by Gasteiger charge is 2.60. The normalized spacial score (nSPS) is 17.2. The molecule has 4 heteroatoms. The molecule has 0 unspecified atom stereocenters. The van der Waals surface area contributed by atoms with Crippen molar-refractivity contribution in [3.8, 4) is 5.75 Å². The van der Waals surface area contributed by atoms with E-state index in [2.05, 4.69) is 72.9 Å². The number of amides is 1. The second-order valence-corrected chi connectivity index (χ2v) is 7.79. The van der Waals surface area contributed by atoms with Crippen molar-refractivity contribution in [3.63, 3.8) is 0 Å². The summed E-state index contributed by atoms with van der Waals surface area (Å²) in [6.45, 7) is 4.15. The molecule has 1 aliphatic rings. The minimum absolute atomic E-state index is 0.0805. The number of rotatable bonds is 5. The van der Waals surface area contributed by atoms with Gasteiger partial charge in [-0.2, -0.15) is 5.10 Å². The van der Waals surface area contributed by atoms with Gasteiger partial charge in [-0.25, -0.2) is 5.43 Å². The van der Waals surface area contributed by atoms with Crippen LogP contribution in [-0.4, -0.2) is 17.2 Å². The van der Waals surface area contributed by atoms with Crippen molar-refractivity contribution in [1.29, 1.82) is 0 Å². The van der Waals surface area contributed by atoms with Crippen LogP contribution in [0.3, 0.4) is 0 Å². The molecule has 4 rings (SSSR count). The van der Waals surface area contributed by atoms with Crippen molar-refractivity contribution < 1.29 is 9.90 Å². The lowest BCUT2D eigenvalue weighted by Crippen LogP contribution is -2.25. The van der Waals surface area contributed by atoms with E-state index in [0.29, 0.717) is 0 Å². The number of nitrogens with zero attached hydrogens (tertiary/aromatic N) is 1. The summed E-state index contributed by atoms with van der Waals surface area (Å²) in [4.78, 5) is 12.9. The Kier molecular flexibility index (Phi) is 4.93. The van der Waals surface area contributed by atoms with Gasteiger partial charge in [-0.15, -0.1) is 0 Å². The molecule has 0 spiro atoms. The molecule has 0 aromatic heterocycles. The minimum atomic E-state index is -0.309. The molecule has 1 saturated carbocycles. The number of phenolic OH excluding ortho intramolecular Hbond substituents is 1. The van der Waals surface area contributed by atoms with Gasteiger partial charge >= 0.3 is 0 Å². The molecule has 0 radical (unpaired) electrons. The second kappa shape index (κ2) is 7.55. The predicted octanol–water partition coefficient (Wildman–Crippen LogP) is 4.47. The highest BCUT2D eigenvalue weighted by Crippen LogP contribution is 2.59. The van der Waals surface area contributed by atoms with Gasteiger partial charge in [0.1, 0.15) is 5.75 Å². The van der Waals surface area contributed by atoms with Gasteiger partial charge in [0.25, 0.3) is 0 Å². The van der Waals surface area contributed by atoms with Gasteiger partial charge in [-0.3, -0.25) is 4.79 Å². The summed E-state index contributed by atoms with van der Waals surface area (Å²) in [7, 11) is 0. The number of aryl methyl sites for hydroxylation is 2. The zero-order valence-corrected chi connectivity index (χ0v) is 16.6. The van der Waals surface area contributed by atoms with Gasteiger partial charge < -0.3 is 5.11 Å². The second-order valence-electron chi connectivity index (χ2n) is 7.79. The van der Waals surface area contributed by atoms with Crippen LogP contribution in [0.4, 0.5) is 0 Å². The van der Waals surface area contributed by atoms with E-state index in [0.717, 1.165) is 12.0 Å². The summed E-state index contributed by atoms with van der Waals surface area (Å²) in [6.07, 6.45) is 2.35. The number of phenols is 1. The van der Waals surface area contributed by atoms with Crippen LogP contribution in [0.15, 0.2) is 77.9 Å². The largest absolute Gasteiger partial charge is 0.508 e. The molecule has 29 heavy (non-hydrogen) atoms. The van der Waals surface area contributed by atoms with Gasteiger partial charge in [0.05, 0.1) is 12.1 Å². The summed E-state index contributed by atoms with van der Waals surface area (Å²) in [5.74, 6) is -0.0450. The molecule has 146 valence electrons. The van der Waals surface area contributed by atoms with Crippen LogP contribution in [0.2, 0.25) is 0 Å². The van der Waals surface area contributed by atoms with Gasteiger partial charge in [-0.05, 0) is 61.2 Å². The molecule has 0 aliphatic heterocycles. The summed E-state index contributed by atoms with van der Waals surface area (Å²) in [5.41, 5.74) is 7.91. The molecule has 4 nitrogen and oxygen atoms in total. The SMILES string of the molecule is Cc1cccc(C2(c3cccc(C)c3)C[C@@H]2C(=O)N/N=C\c2ccc(O)cc2)c1. The van der Waals surface area contributed by atoms with Crippen LogP contribution in [0.25, 0.3) is 0 Å². The lowest BCUT2D eigenvalue weighted by molar-refractivity contribution is -0.122. The zero-order valence-electron chi connectivity index (χ0n) is 16.6. The van der Waals surface area contributed by atoms with E-state index in [1.807, 2.05) is 0 Å². The van der Waals surface area contributed by atoms with Crippen molar-refractivity contribution in [2.24, 2.45) is 11.0 Å². The number of carbonyl (C=O) groups is 1. The summed E-state index contributed by atoms with van der Waals surface area (Å²) in [6, 6.07) is 23.5. The third-order valence-electron chi connectivity index (χ3n) is 5.63. The summed E-state index contributed by atoms with van der Waals surface area (Å²) < 4.78 is 0. The quantitative estimate of drug-likeness (QED) is 0.504. The lowest BCUT2D eigenvalue weighted by Gasteiger charge is -2.19. The van der Waals surface area contributed by atoms with E-state index < -0.39 is 0 Å². The molecule has 1 aliphatic carbocycles. The summed E-state index contributed by atoms with van der Waals surface area (Å²) >= 11 is 0. The van der Waals surface area contributed by atoms with Crippen LogP contribution < -0.4 is 5.43 Å². The maximum absolute atomic E-state index is 12.9. The smallest absolute Gasteiger partial charge is 0.244 e.